The Labute approximate surface area is 148 Å². The molecule has 3 heterocycles. The minimum absolute atomic E-state index is 0.0907. The molecular weight excluding hydrogens is 322 g/mol. The van der Waals surface area contributed by atoms with Crippen LogP contribution in [-0.2, 0) is 9.47 Å². The van der Waals surface area contributed by atoms with Gasteiger partial charge in [0.2, 0.25) is 5.88 Å². The molecule has 3 rings (SSSR count). The molecule has 2 aliphatic heterocycles. The summed E-state index contributed by atoms with van der Waals surface area (Å²) < 4.78 is 16.5. The maximum absolute atomic E-state index is 12.2. The molecule has 0 aliphatic carbocycles. The van der Waals surface area contributed by atoms with Crippen LogP contribution < -0.4 is 10.1 Å². The molecule has 0 spiro atoms. The fraction of sp³-hybridized carbons (Fsp3) is 0.667. The Morgan fingerprint density at radius 2 is 1.96 bits per heavy atom. The summed E-state index contributed by atoms with van der Waals surface area (Å²) in [7, 11) is 0. The number of ether oxygens (including phenoxy) is 3. The zero-order chi connectivity index (χ0) is 17.3. The molecule has 1 N–H and O–H groups in total. The van der Waals surface area contributed by atoms with E-state index in [1.54, 1.807) is 18.3 Å². The summed E-state index contributed by atoms with van der Waals surface area (Å²) in [5, 5.41) is 2.95. The van der Waals surface area contributed by atoms with Crippen LogP contribution in [0.1, 0.15) is 29.6 Å². The van der Waals surface area contributed by atoms with E-state index < -0.39 is 0 Å². The van der Waals surface area contributed by atoms with Crippen molar-refractivity contribution in [1.29, 1.82) is 0 Å². The fourth-order valence-corrected chi connectivity index (χ4v) is 2.98. The van der Waals surface area contributed by atoms with Gasteiger partial charge in [-0.15, -0.1) is 0 Å². The van der Waals surface area contributed by atoms with E-state index in [0.717, 1.165) is 65.3 Å². The van der Waals surface area contributed by atoms with Gasteiger partial charge in [0.1, 0.15) is 6.10 Å². The molecule has 138 valence electrons. The standard InChI is InChI=1S/C18H27N3O4/c22-18(19-6-1-7-21-8-12-24-13-9-21)15-2-3-17(20-14-15)25-16-4-10-23-11-5-16/h2-3,14,16H,1,4-13H2,(H,19,22). The van der Waals surface area contributed by atoms with E-state index in [4.69, 9.17) is 14.2 Å². The van der Waals surface area contributed by atoms with Gasteiger partial charge in [0.05, 0.1) is 32.0 Å². The summed E-state index contributed by atoms with van der Waals surface area (Å²) in [5.41, 5.74) is 0.561. The third-order valence-corrected chi connectivity index (χ3v) is 4.49. The molecule has 1 amide bonds. The summed E-state index contributed by atoms with van der Waals surface area (Å²) >= 11 is 0. The van der Waals surface area contributed by atoms with Gasteiger partial charge in [-0.3, -0.25) is 9.69 Å². The number of hydrogen-bond acceptors (Lipinski definition) is 6. The Morgan fingerprint density at radius 1 is 1.20 bits per heavy atom. The molecule has 25 heavy (non-hydrogen) atoms. The van der Waals surface area contributed by atoms with E-state index in [1.165, 1.54) is 0 Å². The Hall–Kier alpha value is -1.70. The normalized spacial score (nSPS) is 19.5. The Bertz CT molecular complexity index is 526. The second-order valence-corrected chi connectivity index (χ2v) is 6.38. The minimum atomic E-state index is -0.0907. The van der Waals surface area contributed by atoms with Gasteiger partial charge in [-0.2, -0.15) is 0 Å². The van der Waals surface area contributed by atoms with E-state index in [1.807, 2.05) is 0 Å². The van der Waals surface area contributed by atoms with E-state index in [9.17, 15) is 4.79 Å². The van der Waals surface area contributed by atoms with Gasteiger partial charge in [-0.1, -0.05) is 0 Å². The largest absolute Gasteiger partial charge is 0.474 e. The quantitative estimate of drug-likeness (QED) is 0.743. The summed E-state index contributed by atoms with van der Waals surface area (Å²) in [6.45, 7) is 6.68. The van der Waals surface area contributed by atoms with Crippen molar-refractivity contribution < 1.29 is 19.0 Å². The Kier molecular flexibility index (Phi) is 7.02. The fourth-order valence-electron chi connectivity index (χ4n) is 2.98. The van der Waals surface area contributed by atoms with Crippen molar-refractivity contribution in [3.63, 3.8) is 0 Å². The van der Waals surface area contributed by atoms with Gasteiger partial charge >= 0.3 is 0 Å². The molecule has 2 aliphatic rings. The molecule has 0 radical (unpaired) electrons. The van der Waals surface area contributed by atoms with E-state index in [-0.39, 0.29) is 12.0 Å². The van der Waals surface area contributed by atoms with Crippen molar-refractivity contribution in [2.75, 3.05) is 52.6 Å². The van der Waals surface area contributed by atoms with Gasteiger partial charge < -0.3 is 19.5 Å². The topological polar surface area (TPSA) is 72.9 Å². The van der Waals surface area contributed by atoms with Crippen molar-refractivity contribution in [2.24, 2.45) is 0 Å². The van der Waals surface area contributed by atoms with Crippen LogP contribution in [0.5, 0.6) is 5.88 Å². The number of morpholine rings is 1. The predicted molar refractivity (Wildman–Crippen MR) is 92.9 cm³/mol. The minimum Gasteiger partial charge on any atom is -0.474 e. The summed E-state index contributed by atoms with van der Waals surface area (Å²) in [5.74, 6) is 0.475. The number of pyridine rings is 1. The zero-order valence-electron chi connectivity index (χ0n) is 14.6. The molecule has 0 bridgehead atoms. The SMILES string of the molecule is O=C(NCCCN1CCOCC1)c1ccc(OC2CCOCC2)nc1. The van der Waals surface area contributed by atoms with Crippen LogP contribution in [0.4, 0.5) is 0 Å². The van der Waals surface area contributed by atoms with Gasteiger partial charge in [0.25, 0.3) is 5.91 Å². The first-order valence-electron chi connectivity index (χ1n) is 9.10. The number of hydrogen-bond donors (Lipinski definition) is 1. The summed E-state index contributed by atoms with van der Waals surface area (Å²) in [4.78, 5) is 18.8. The van der Waals surface area contributed by atoms with E-state index >= 15 is 0 Å². The summed E-state index contributed by atoms with van der Waals surface area (Å²) in [6.07, 6.45) is 4.43. The van der Waals surface area contributed by atoms with Crippen LogP contribution in [0.3, 0.4) is 0 Å². The summed E-state index contributed by atoms with van der Waals surface area (Å²) in [6, 6.07) is 3.52. The number of nitrogens with zero attached hydrogens (tertiary/aromatic N) is 2. The molecule has 0 unspecified atom stereocenters. The van der Waals surface area contributed by atoms with Crippen LogP contribution in [-0.4, -0.2) is 74.5 Å². The predicted octanol–water partition coefficient (Wildman–Crippen LogP) is 1.09. The molecule has 0 saturated carbocycles. The van der Waals surface area contributed by atoms with Crippen LogP contribution in [0.2, 0.25) is 0 Å². The number of amides is 1. The molecule has 1 aromatic rings. The third-order valence-electron chi connectivity index (χ3n) is 4.49. The number of rotatable bonds is 7. The van der Waals surface area contributed by atoms with Gasteiger partial charge in [-0.05, 0) is 19.0 Å². The Balaban J connectivity index is 1.36. The van der Waals surface area contributed by atoms with Gasteiger partial charge in [0, 0.05) is 44.7 Å². The van der Waals surface area contributed by atoms with E-state index in [2.05, 4.69) is 15.2 Å². The highest BCUT2D eigenvalue weighted by molar-refractivity contribution is 5.93. The second-order valence-electron chi connectivity index (χ2n) is 6.38. The Morgan fingerprint density at radius 3 is 2.68 bits per heavy atom. The average molecular weight is 349 g/mol. The van der Waals surface area contributed by atoms with Crippen LogP contribution in [0.25, 0.3) is 0 Å². The number of aromatic nitrogens is 1. The maximum Gasteiger partial charge on any atom is 0.252 e. The molecule has 7 heteroatoms. The lowest BCUT2D eigenvalue weighted by Gasteiger charge is -2.26. The average Bonchev–Trinajstić information content (AvgIpc) is 2.67. The molecule has 0 aromatic carbocycles. The van der Waals surface area contributed by atoms with Crippen LogP contribution in [0.15, 0.2) is 18.3 Å². The van der Waals surface area contributed by atoms with Crippen molar-refractivity contribution in [3.05, 3.63) is 23.9 Å². The second kappa shape index (κ2) is 9.70. The zero-order valence-corrected chi connectivity index (χ0v) is 14.6. The van der Waals surface area contributed by atoms with Crippen LogP contribution in [0, 0.1) is 0 Å². The first kappa shape index (κ1) is 18.1. The van der Waals surface area contributed by atoms with Crippen molar-refractivity contribution >= 4 is 5.91 Å². The highest BCUT2D eigenvalue weighted by atomic mass is 16.5. The smallest absolute Gasteiger partial charge is 0.252 e. The highest BCUT2D eigenvalue weighted by Gasteiger charge is 2.16. The van der Waals surface area contributed by atoms with Crippen molar-refractivity contribution in [1.82, 2.24) is 15.2 Å². The molecule has 2 saturated heterocycles. The number of carbonyl (C=O) groups is 1. The lowest BCUT2D eigenvalue weighted by atomic mass is 10.1. The molecule has 7 nitrogen and oxygen atoms in total. The van der Waals surface area contributed by atoms with Crippen molar-refractivity contribution in [2.45, 2.75) is 25.4 Å². The first-order chi connectivity index (χ1) is 12.3. The van der Waals surface area contributed by atoms with Gasteiger partial charge in [-0.25, -0.2) is 4.98 Å². The number of carbonyl (C=O) groups excluding carboxylic acids is 1. The van der Waals surface area contributed by atoms with E-state index in [0.29, 0.717) is 18.0 Å². The lowest BCUT2D eigenvalue weighted by molar-refractivity contribution is 0.0237. The molecule has 1 aromatic heterocycles. The molecular formula is C18H27N3O4. The van der Waals surface area contributed by atoms with Crippen molar-refractivity contribution in [3.8, 4) is 5.88 Å². The van der Waals surface area contributed by atoms with Gasteiger partial charge in [0.15, 0.2) is 0 Å². The highest BCUT2D eigenvalue weighted by Crippen LogP contribution is 2.15. The first-order valence-corrected chi connectivity index (χ1v) is 9.10. The molecule has 0 atom stereocenters. The number of nitrogens with one attached hydrogen (secondary N) is 1. The lowest BCUT2D eigenvalue weighted by Crippen LogP contribution is -2.38. The monoisotopic (exact) mass is 349 g/mol. The third kappa shape index (κ3) is 5.95. The maximum atomic E-state index is 12.2. The van der Waals surface area contributed by atoms with Crippen LogP contribution >= 0.6 is 0 Å². The molecule has 2 fully saturated rings.